The number of carbonyl (C=O) groups is 3. The average molecular weight is 404 g/mol. The molecule has 0 heterocycles. The molecule has 0 saturated heterocycles. The molecule has 1 aliphatic carbocycles. The van der Waals surface area contributed by atoms with E-state index in [0.717, 1.165) is 18.2 Å². The number of hydrogen-bond donors (Lipinski definition) is 3. The summed E-state index contributed by atoms with van der Waals surface area (Å²) in [5, 5.41) is 34.2. The number of carbonyl (C=O) groups excluding carboxylic acids is 3. The lowest BCUT2D eigenvalue weighted by atomic mass is 9.81. The number of hydrogen-bond acceptors (Lipinski definition) is 7. The second-order valence-corrected chi connectivity index (χ2v) is 6.47. The maximum atomic E-state index is 13.1. The molecular formula is C21H12N2O7. The number of nitrogens with one attached hydrogen (secondary N) is 1. The number of ketones is 2. The Balaban J connectivity index is 1.91. The van der Waals surface area contributed by atoms with Gasteiger partial charge in [-0.2, -0.15) is 0 Å². The van der Waals surface area contributed by atoms with Crippen LogP contribution in [0, 0.1) is 10.1 Å². The molecule has 3 aromatic rings. The highest BCUT2D eigenvalue weighted by Gasteiger charge is 2.41. The average Bonchev–Trinajstić information content (AvgIpc) is 2.73. The molecule has 0 fully saturated rings. The van der Waals surface area contributed by atoms with Gasteiger partial charge in [0, 0.05) is 11.6 Å². The highest BCUT2D eigenvalue weighted by Crippen LogP contribution is 2.42. The van der Waals surface area contributed by atoms with Gasteiger partial charge in [0.2, 0.25) is 11.6 Å². The van der Waals surface area contributed by atoms with Gasteiger partial charge in [-0.1, -0.05) is 18.2 Å². The zero-order chi connectivity index (χ0) is 21.6. The van der Waals surface area contributed by atoms with Crippen LogP contribution in [0.5, 0.6) is 11.5 Å². The Kier molecular flexibility index (Phi) is 4.27. The van der Waals surface area contributed by atoms with Crippen molar-refractivity contribution in [3.05, 3.63) is 92.5 Å². The van der Waals surface area contributed by atoms with Gasteiger partial charge >= 0.3 is 0 Å². The van der Waals surface area contributed by atoms with Crippen molar-refractivity contribution >= 4 is 28.8 Å². The molecule has 0 aromatic heterocycles. The van der Waals surface area contributed by atoms with E-state index in [-0.39, 0.29) is 16.8 Å². The molecule has 148 valence electrons. The Morgan fingerprint density at radius 3 is 2.00 bits per heavy atom. The van der Waals surface area contributed by atoms with Crippen molar-refractivity contribution in [1.82, 2.24) is 0 Å². The number of nitrogens with zero attached hydrogens (tertiary/aromatic N) is 1. The van der Waals surface area contributed by atoms with E-state index in [1.54, 1.807) is 30.3 Å². The molecule has 3 N–H and O–H groups in total. The van der Waals surface area contributed by atoms with Crippen LogP contribution >= 0.6 is 0 Å². The number of nitro benzene ring substituents is 1. The SMILES string of the molecule is O=C(Nc1ccc(O)c2c1C(=O)c1c(O)ccc([N+](=O)[O-])c1C2=O)c1ccccc1. The monoisotopic (exact) mass is 404 g/mol. The van der Waals surface area contributed by atoms with Crippen LogP contribution in [0.1, 0.15) is 42.2 Å². The summed E-state index contributed by atoms with van der Waals surface area (Å²) >= 11 is 0. The summed E-state index contributed by atoms with van der Waals surface area (Å²) in [5.74, 6) is -3.71. The van der Waals surface area contributed by atoms with Crippen LogP contribution in [-0.4, -0.2) is 32.6 Å². The third-order valence-electron chi connectivity index (χ3n) is 4.73. The molecule has 0 radical (unpaired) electrons. The van der Waals surface area contributed by atoms with Crippen molar-refractivity contribution in [1.29, 1.82) is 0 Å². The predicted molar refractivity (Wildman–Crippen MR) is 104 cm³/mol. The van der Waals surface area contributed by atoms with Gasteiger partial charge in [-0.25, -0.2) is 0 Å². The first kappa shape index (κ1) is 18.8. The molecule has 0 atom stereocenters. The van der Waals surface area contributed by atoms with Crippen LogP contribution in [0.2, 0.25) is 0 Å². The Labute approximate surface area is 168 Å². The molecule has 0 aliphatic heterocycles. The molecule has 9 nitrogen and oxygen atoms in total. The van der Waals surface area contributed by atoms with Crippen molar-refractivity contribution in [2.45, 2.75) is 0 Å². The lowest BCUT2D eigenvalue weighted by Gasteiger charge is -2.21. The predicted octanol–water partition coefficient (Wildman–Crippen LogP) is 3.03. The van der Waals surface area contributed by atoms with Gasteiger partial charge in [0.1, 0.15) is 17.1 Å². The summed E-state index contributed by atoms with van der Waals surface area (Å²) in [6, 6.07) is 12.3. The first-order valence-corrected chi connectivity index (χ1v) is 8.63. The Morgan fingerprint density at radius 2 is 1.37 bits per heavy atom. The third kappa shape index (κ3) is 2.76. The standard InChI is InChI=1S/C21H12N2O7/c24-13-8-6-11(22-21(28)10-4-2-1-3-5-10)15-17(13)20(27)16-12(23(29)30)7-9-14(25)18(16)19(15)26/h1-9,24-25H,(H,22,28). The van der Waals surface area contributed by atoms with E-state index in [2.05, 4.69) is 5.32 Å². The summed E-state index contributed by atoms with van der Waals surface area (Å²) in [5.41, 5.74) is -2.47. The van der Waals surface area contributed by atoms with Gasteiger partial charge in [-0.15, -0.1) is 0 Å². The smallest absolute Gasteiger partial charge is 0.281 e. The number of aromatic hydroxyl groups is 2. The summed E-state index contributed by atoms with van der Waals surface area (Å²) in [6.07, 6.45) is 0. The van der Waals surface area contributed by atoms with Crippen LogP contribution in [0.3, 0.4) is 0 Å². The molecule has 9 heteroatoms. The molecule has 3 aromatic carbocycles. The van der Waals surface area contributed by atoms with Gasteiger partial charge in [-0.05, 0) is 30.3 Å². The maximum Gasteiger partial charge on any atom is 0.281 e. The van der Waals surface area contributed by atoms with Crippen LogP contribution in [0.15, 0.2) is 54.6 Å². The van der Waals surface area contributed by atoms with E-state index in [1.807, 2.05) is 0 Å². The molecule has 0 saturated carbocycles. The van der Waals surface area contributed by atoms with E-state index in [0.29, 0.717) is 0 Å². The second kappa shape index (κ2) is 6.82. The number of benzene rings is 3. The Morgan fingerprint density at radius 1 is 0.800 bits per heavy atom. The van der Waals surface area contributed by atoms with Crippen LogP contribution < -0.4 is 5.32 Å². The van der Waals surface area contributed by atoms with Gasteiger partial charge < -0.3 is 15.5 Å². The second-order valence-electron chi connectivity index (χ2n) is 6.47. The number of rotatable bonds is 3. The molecule has 0 spiro atoms. The lowest BCUT2D eigenvalue weighted by Crippen LogP contribution is -2.25. The number of amides is 1. The van der Waals surface area contributed by atoms with E-state index in [4.69, 9.17) is 0 Å². The quantitative estimate of drug-likeness (QED) is 0.270. The topological polar surface area (TPSA) is 147 Å². The highest BCUT2D eigenvalue weighted by atomic mass is 16.6. The van der Waals surface area contributed by atoms with Crippen molar-refractivity contribution < 1.29 is 29.5 Å². The molecule has 0 bridgehead atoms. The first-order chi connectivity index (χ1) is 14.3. The zero-order valence-electron chi connectivity index (χ0n) is 15.1. The van der Waals surface area contributed by atoms with E-state index < -0.39 is 56.3 Å². The normalized spacial score (nSPS) is 12.1. The van der Waals surface area contributed by atoms with Gasteiger partial charge in [0.15, 0.2) is 0 Å². The van der Waals surface area contributed by atoms with E-state index >= 15 is 0 Å². The molecule has 1 amide bonds. The largest absolute Gasteiger partial charge is 0.507 e. The summed E-state index contributed by atoms with van der Waals surface area (Å²) < 4.78 is 0. The molecular weight excluding hydrogens is 392 g/mol. The van der Waals surface area contributed by atoms with Crippen LogP contribution in [0.4, 0.5) is 11.4 Å². The van der Waals surface area contributed by atoms with E-state index in [9.17, 15) is 34.7 Å². The lowest BCUT2D eigenvalue weighted by molar-refractivity contribution is -0.385. The van der Waals surface area contributed by atoms with Crippen molar-refractivity contribution in [3.8, 4) is 11.5 Å². The maximum absolute atomic E-state index is 13.1. The first-order valence-electron chi connectivity index (χ1n) is 8.63. The summed E-state index contributed by atoms with van der Waals surface area (Å²) in [6.45, 7) is 0. The fourth-order valence-corrected chi connectivity index (χ4v) is 3.39. The third-order valence-corrected chi connectivity index (χ3v) is 4.73. The summed E-state index contributed by atoms with van der Waals surface area (Å²) in [7, 11) is 0. The fraction of sp³-hybridized carbons (Fsp3) is 0. The van der Waals surface area contributed by atoms with Gasteiger partial charge in [0.25, 0.3) is 11.6 Å². The number of nitro groups is 1. The minimum atomic E-state index is -1.00. The summed E-state index contributed by atoms with van der Waals surface area (Å²) in [4.78, 5) is 49.2. The van der Waals surface area contributed by atoms with Crippen molar-refractivity contribution in [2.75, 3.05) is 5.32 Å². The minimum absolute atomic E-state index is 0.0773. The zero-order valence-corrected chi connectivity index (χ0v) is 15.1. The number of phenols is 2. The number of anilines is 1. The van der Waals surface area contributed by atoms with Crippen LogP contribution in [-0.2, 0) is 0 Å². The molecule has 4 rings (SSSR count). The van der Waals surface area contributed by atoms with E-state index in [1.165, 1.54) is 6.07 Å². The minimum Gasteiger partial charge on any atom is -0.507 e. The number of fused-ring (bicyclic) bond motifs is 2. The van der Waals surface area contributed by atoms with Crippen molar-refractivity contribution in [2.24, 2.45) is 0 Å². The Bertz CT molecular complexity index is 1270. The number of phenolic OH excluding ortho intramolecular Hbond substituents is 2. The Hall–Kier alpha value is -4.53. The molecule has 30 heavy (non-hydrogen) atoms. The molecule has 1 aliphatic rings. The van der Waals surface area contributed by atoms with Gasteiger partial charge in [0.05, 0.1) is 27.3 Å². The van der Waals surface area contributed by atoms with Crippen molar-refractivity contribution in [3.63, 3.8) is 0 Å². The molecule has 0 unspecified atom stereocenters. The fourth-order valence-electron chi connectivity index (χ4n) is 3.39. The highest BCUT2D eigenvalue weighted by molar-refractivity contribution is 6.33. The van der Waals surface area contributed by atoms with Gasteiger partial charge in [-0.3, -0.25) is 24.5 Å². The van der Waals surface area contributed by atoms with Crippen LogP contribution in [0.25, 0.3) is 0 Å².